The number of nitrogens with zero attached hydrogens (tertiary/aromatic N) is 5. The number of Topliss-reactive ketones (excluding diaryl/α,β-unsaturated/α-hetero) is 1. The normalized spacial score (nSPS) is 15.3. The number of rotatable bonds is 6. The summed E-state index contributed by atoms with van der Waals surface area (Å²) in [6.07, 6.45) is 1.28. The minimum Gasteiger partial charge on any atom is -0.334 e. The number of hydrogen-bond donors (Lipinski definition) is 2. The Morgan fingerprint density at radius 2 is 1.74 bits per heavy atom. The molecule has 1 aliphatic rings. The summed E-state index contributed by atoms with van der Waals surface area (Å²) < 4.78 is 0. The zero-order valence-corrected chi connectivity index (χ0v) is 15.2. The number of nitrogens with one attached hydrogen (secondary N) is 2. The fraction of sp³-hybridized carbons (Fsp3) is 0.353. The average Bonchev–Trinajstić information content (AvgIpc) is 2.64. The molecule has 0 bridgehead atoms. The van der Waals surface area contributed by atoms with Gasteiger partial charge in [-0.3, -0.25) is 20.3 Å². The SMILES string of the molecule is CC(=O)c1ccc(Nc2ncnc(NN3CCN(C)CC3)c2[N+](=O)[O-])cc1. The van der Waals surface area contributed by atoms with Gasteiger partial charge < -0.3 is 10.2 Å². The monoisotopic (exact) mass is 371 g/mol. The van der Waals surface area contributed by atoms with Crippen LogP contribution in [0.15, 0.2) is 30.6 Å². The number of carbonyl (C=O) groups excluding carboxylic acids is 1. The van der Waals surface area contributed by atoms with Crippen LogP contribution in [0, 0.1) is 10.1 Å². The van der Waals surface area contributed by atoms with E-state index in [-0.39, 0.29) is 23.1 Å². The van der Waals surface area contributed by atoms with Crippen molar-refractivity contribution >= 4 is 28.8 Å². The van der Waals surface area contributed by atoms with Gasteiger partial charge in [0.25, 0.3) is 0 Å². The van der Waals surface area contributed by atoms with Crippen LogP contribution >= 0.6 is 0 Å². The third kappa shape index (κ3) is 4.54. The standard InChI is InChI=1S/C17H21N7O3/c1-12(25)13-3-5-14(6-4-13)20-16-15(24(26)27)17(19-11-18-16)21-23-9-7-22(2)8-10-23/h3-6,11H,7-10H2,1-2H3,(H2,18,19,20,21). The maximum absolute atomic E-state index is 11.6. The van der Waals surface area contributed by atoms with E-state index < -0.39 is 4.92 Å². The molecule has 1 aromatic heterocycles. The summed E-state index contributed by atoms with van der Waals surface area (Å²) in [6.45, 7) is 4.66. The molecule has 27 heavy (non-hydrogen) atoms. The number of aromatic nitrogens is 2. The summed E-state index contributed by atoms with van der Waals surface area (Å²) in [5, 5.41) is 16.5. The molecular formula is C17H21N7O3. The molecule has 1 aliphatic heterocycles. The summed E-state index contributed by atoms with van der Waals surface area (Å²) in [6, 6.07) is 6.66. The van der Waals surface area contributed by atoms with Crippen molar-refractivity contribution < 1.29 is 9.72 Å². The van der Waals surface area contributed by atoms with Crippen molar-refractivity contribution in [2.24, 2.45) is 0 Å². The van der Waals surface area contributed by atoms with Crippen molar-refractivity contribution in [3.05, 3.63) is 46.3 Å². The van der Waals surface area contributed by atoms with Gasteiger partial charge in [-0.15, -0.1) is 0 Å². The van der Waals surface area contributed by atoms with Gasteiger partial charge in [-0.25, -0.2) is 15.0 Å². The molecule has 0 amide bonds. The lowest BCUT2D eigenvalue weighted by molar-refractivity contribution is -0.383. The maximum Gasteiger partial charge on any atom is 0.354 e. The number of hydrogen-bond acceptors (Lipinski definition) is 9. The summed E-state index contributed by atoms with van der Waals surface area (Å²) >= 11 is 0. The van der Waals surface area contributed by atoms with Crippen LogP contribution in [0.2, 0.25) is 0 Å². The lowest BCUT2D eigenvalue weighted by atomic mass is 10.1. The molecule has 10 nitrogen and oxygen atoms in total. The molecule has 0 saturated carbocycles. The van der Waals surface area contributed by atoms with Crippen molar-refractivity contribution in [3.8, 4) is 0 Å². The number of anilines is 3. The van der Waals surface area contributed by atoms with E-state index >= 15 is 0 Å². The first-order valence-electron chi connectivity index (χ1n) is 8.51. The second-order valence-electron chi connectivity index (χ2n) is 6.34. The van der Waals surface area contributed by atoms with Gasteiger partial charge in [0.05, 0.1) is 4.92 Å². The molecule has 10 heteroatoms. The molecule has 0 radical (unpaired) electrons. The molecule has 0 aliphatic carbocycles. The maximum atomic E-state index is 11.6. The first-order chi connectivity index (χ1) is 12.9. The number of piperazine rings is 1. The Hall–Kier alpha value is -3.11. The van der Waals surface area contributed by atoms with Crippen molar-refractivity contribution in [1.82, 2.24) is 19.9 Å². The van der Waals surface area contributed by atoms with Crippen molar-refractivity contribution in [2.45, 2.75) is 6.92 Å². The van der Waals surface area contributed by atoms with Crippen molar-refractivity contribution in [1.29, 1.82) is 0 Å². The molecule has 1 aromatic carbocycles. The van der Waals surface area contributed by atoms with E-state index in [4.69, 9.17) is 0 Å². The highest BCUT2D eigenvalue weighted by Gasteiger charge is 2.25. The van der Waals surface area contributed by atoms with E-state index in [0.717, 1.165) is 26.2 Å². The molecular weight excluding hydrogens is 350 g/mol. The van der Waals surface area contributed by atoms with Gasteiger partial charge >= 0.3 is 5.69 Å². The summed E-state index contributed by atoms with van der Waals surface area (Å²) in [5.74, 6) is 0.179. The lowest BCUT2D eigenvalue weighted by Gasteiger charge is -2.32. The molecule has 2 heterocycles. The van der Waals surface area contributed by atoms with Crippen LogP contribution < -0.4 is 10.7 Å². The minimum atomic E-state index is -0.509. The zero-order valence-electron chi connectivity index (χ0n) is 15.2. The topological polar surface area (TPSA) is 117 Å². The van der Waals surface area contributed by atoms with Gasteiger partial charge in [-0.2, -0.15) is 0 Å². The zero-order chi connectivity index (χ0) is 19.4. The highest BCUT2D eigenvalue weighted by molar-refractivity contribution is 5.94. The van der Waals surface area contributed by atoms with Crippen LogP contribution in [0.5, 0.6) is 0 Å². The second-order valence-corrected chi connectivity index (χ2v) is 6.34. The molecule has 2 N–H and O–H groups in total. The van der Waals surface area contributed by atoms with Gasteiger partial charge in [-0.05, 0) is 38.2 Å². The summed E-state index contributed by atoms with van der Waals surface area (Å²) in [7, 11) is 2.03. The molecule has 1 fully saturated rings. The highest BCUT2D eigenvalue weighted by atomic mass is 16.6. The van der Waals surface area contributed by atoms with Gasteiger partial charge in [0, 0.05) is 37.4 Å². The molecule has 0 unspecified atom stereocenters. The predicted octanol–water partition coefficient (Wildman–Crippen LogP) is 1.91. The Bertz CT molecular complexity index is 833. The molecule has 0 spiro atoms. The molecule has 142 valence electrons. The lowest BCUT2D eigenvalue weighted by Crippen LogP contribution is -2.47. The smallest absolute Gasteiger partial charge is 0.334 e. The quantitative estimate of drug-likeness (QED) is 0.446. The number of ketones is 1. The van der Waals surface area contributed by atoms with Crippen LogP contribution in [0.3, 0.4) is 0 Å². The van der Waals surface area contributed by atoms with Gasteiger partial charge in [0.2, 0.25) is 11.6 Å². The van der Waals surface area contributed by atoms with E-state index in [1.165, 1.54) is 13.3 Å². The van der Waals surface area contributed by atoms with Crippen LogP contribution in [0.25, 0.3) is 0 Å². The highest BCUT2D eigenvalue weighted by Crippen LogP contribution is 2.31. The van der Waals surface area contributed by atoms with E-state index in [2.05, 4.69) is 25.6 Å². The molecule has 1 saturated heterocycles. The Balaban J connectivity index is 1.82. The first-order valence-corrected chi connectivity index (χ1v) is 8.51. The number of benzene rings is 1. The minimum absolute atomic E-state index is 0.0479. The number of nitro groups is 1. The van der Waals surface area contributed by atoms with Crippen LogP contribution in [0.4, 0.5) is 23.0 Å². The molecule has 3 rings (SSSR count). The average molecular weight is 371 g/mol. The Kier molecular flexibility index (Phi) is 5.57. The number of hydrazine groups is 1. The van der Waals surface area contributed by atoms with Crippen LogP contribution in [-0.2, 0) is 0 Å². The summed E-state index contributed by atoms with van der Waals surface area (Å²) in [4.78, 5) is 32.8. The largest absolute Gasteiger partial charge is 0.354 e. The number of carbonyl (C=O) groups is 1. The predicted molar refractivity (Wildman–Crippen MR) is 101 cm³/mol. The molecule has 0 atom stereocenters. The van der Waals surface area contributed by atoms with Crippen LogP contribution in [-0.4, -0.2) is 63.8 Å². The fourth-order valence-corrected chi connectivity index (χ4v) is 2.72. The Labute approximate surface area is 156 Å². The van der Waals surface area contributed by atoms with Crippen molar-refractivity contribution in [3.63, 3.8) is 0 Å². The molecule has 2 aromatic rings. The van der Waals surface area contributed by atoms with Gasteiger partial charge in [0.15, 0.2) is 5.78 Å². The van der Waals surface area contributed by atoms with Gasteiger partial charge in [-0.1, -0.05) is 0 Å². The Morgan fingerprint density at radius 3 is 2.33 bits per heavy atom. The third-order valence-electron chi connectivity index (χ3n) is 4.33. The summed E-state index contributed by atoms with van der Waals surface area (Å²) in [5.41, 5.74) is 3.96. The van der Waals surface area contributed by atoms with E-state index in [1.54, 1.807) is 24.3 Å². The number of likely N-dealkylation sites (N-methyl/N-ethyl adjacent to an activating group) is 1. The Morgan fingerprint density at radius 1 is 1.11 bits per heavy atom. The van der Waals surface area contributed by atoms with Crippen LogP contribution in [0.1, 0.15) is 17.3 Å². The van der Waals surface area contributed by atoms with E-state index in [0.29, 0.717) is 11.3 Å². The second kappa shape index (κ2) is 8.06. The van der Waals surface area contributed by atoms with Gasteiger partial charge in [0.1, 0.15) is 6.33 Å². The van der Waals surface area contributed by atoms with Crippen molar-refractivity contribution in [2.75, 3.05) is 44.0 Å². The third-order valence-corrected chi connectivity index (χ3v) is 4.33. The van der Waals surface area contributed by atoms with E-state index in [9.17, 15) is 14.9 Å². The first kappa shape index (κ1) is 18.7. The van der Waals surface area contributed by atoms with E-state index in [1.807, 2.05) is 12.1 Å². The fourth-order valence-electron chi connectivity index (χ4n) is 2.72.